The normalized spacial score (nSPS) is 10.4. The zero-order valence-electron chi connectivity index (χ0n) is 10.0. The van der Waals surface area contributed by atoms with Crippen molar-refractivity contribution in [2.24, 2.45) is 0 Å². The molecule has 0 unspecified atom stereocenters. The minimum Gasteiger partial charge on any atom is -0.308 e. The van der Waals surface area contributed by atoms with E-state index in [0.29, 0.717) is 6.29 Å². The SMILES string of the molecule is CC(C)(C)NCc1ccc(C#CC=O)cc1. The number of carbonyl (C=O) groups is 1. The molecule has 0 aliphatic rings. The van der Waals surface area contributed by atoms with E-state index in [1.807, 2.05) is 24.3 Å². The van der Waals surface area contributed by atoms with Gasteiger partial charge in [-0.2, -0.15) is 0 Å². The Balaban J connectivity index is 2.61. The van der Waals surface area contributed by atoms with Crippen LogP contribution in [0.5, 0.6) is 0 Å². The molecule has 0 amide bonds. The van der Waals surface area contributed by atoms with Gasteiger partial charge >= 0.3 is 0 Å². The van der Waals surface area contributed by atoms with Crippen LogP contribution < -0.4 is 5.32 Å². The molecule has 1 aromatic carbocycles. The summed E-state index contributed by atoms with van der Waals surface area (Å²) < 4.78 is 0. The van der Waals surface area contributed by atoms with Gasteiger partial charge in [0.05, 0.1) is 0 Å². The zero-order valence-corrected chi connectivity index (χ0v) is 10.0. The summed E-state index contributed by atoms with van der Waals surface area (Å²) in [6, 6.07) is 7.90. The Morgan fingerprint density at radius 3 is 2.38 bits per heavy atom. The topological polar surface area (TPSA) is 29.1 Å². The van der Waals surface area contributed by atoms with Crippen LogP contribution >= 0.6 is 0 Å². The molecule has 0 fully saturated rings. The lowest BCUT2D eigenvalue weighted by atomic mass is 10.1. The van der Waals surface area contributed by atoms with E-state index in [2.05, 4.69) is 37.9 Å². The molecule has 1 aromatic rings. The summed E-state index contributed by atoms with van der Waals surface area (Å²) in [5, 5.41) is 3.41. The average Bonchev–Trinajstić information content (AvgIpc) is 2.24. The fraction of sp³-hybridized carbons (Fsp3) is 0.357. The molecule has 0 saturated heterocycles. The number of hydrogen-bond donors (Lipinski definition) is 1. The van der Waals surface area contributed by atoms with E-state index in [0.717, 1.165) is 12.1 Å². The number of benzene rings is 1. The van der Waals surface area contributed by atoms with Crippen LogP contribution in [0.15, 0.2) is 24.3 Å². The van der Waals surface area contributed by atoms with Crippen molar-refractivity contribution in [3.05, 3.63) is 35.4 Å². The van der Waals surface area contributed by atoms with Crippen molar-refractivity contribution >= 4 is 6.29 Å². The first kappa shape index (κ1) is 12.5. The quantitative estimate of drug-likeness (QED) is 0.605. The van der Waals surface area contributed by atoms with E-state index in [1.54, 1.807) is 0 Å². The van der Waals surface area contributed by atoms with Gasteiger partial charge in [-0.25, -0.2) is 0 Å². The van der Waals surface area contributed by atoms with E-state index in [4.69, 9.17) is 0 Å². The van der Waals surface area contributed by atoms with Crippen LogP contribution in [0.3, 0.4) is 0 Å². The van der Waals surface area contributed by atoms with Crippen LogP contribution in [-0.4, -0.2) is 11.8 Å². The largest absolute Gasteiger partial charge is 0.308 e. The second kappa shape index (κ2) is 5.48. The lowest BCUT2D eigenvalue weighted by Crippen LogP contribution is -2.35. The van der Waals surface area contributed by atoms with Gasteiger partial charge in [-0.15, -0.1) is 0 Å². The highest BCUT2D eigenvalue weighted by atomic mass is 16.1. The minimum atomic E-state index is 0.121. The molecule has 0 aliphatic heterocycles. The maximum Gasteiger partial charge on any atom is 0.193 e. The molecule has 0 saturated carbocycles. The molecule has 0 atom stereocenters. The van der Waals surface area contributed by atoms with E-state index >= 15 is 0 Å². The van der Waals surface area contributed by atoms with Gasteiger partial charge in [0.25, 0.3) is 0 Å². The van der Waals surface area contributed by atoms with Gasteiger partial charge in [0.1, 0.15) is 0 Å². The minimum absolute atomic E-state index is 0.121. The molecule has 84 valence electrons. The monoisotopic (exact) mass is 215 g/mol. The van der Waals surface area contributed by atoms with Crippen molar-refractivity contribution in [2.75, 3.05) is 0 Å². The van der Waals surface area contributed by atoms with Gasteiger partial charge in [-0.05, 0) is 44.4 Å². The van der Waals surface area contributed by atoms with Crippen molar-refractivity contribution in [3.63, 3.8) is 0 Å². The Bertz CT molecular complexity index is 401. The van der Waals surface area contributed by atoms with Crippen LogP contribution in [0.1, 0.15) is 31.9 Å². The highest BCUT2D eigenvalue weighted by Gasteiger charge is 2.07. The van der Waals surface area contributed by atoms with Crippen LogP contribution in [0.25, 0.3) is 0 Å². The summed E-state index contributed by atoms with van der Waals surface area (Å²) in [4.78, 5) is 10.1. The Labute approximate surface area is 97.1 Å². The van der Waals surface area contributed by atoms with Crippen molar-refractivity contribution in [1.82, 2.24) is 5.32 Å². The predicted molar refractivity (Wildman–Crippen MR) is 66.0 cm³/mol. The number of hydrogen-bond acceptors (Lipinski definition) is 2. The smallest absolute Gasteiger partial charge is 0.193 e. The molecule has 0 aliphatic carbocycles. The molecule has 0 spiro atoms. The summed E-state index contributed by atoms with van der Waals surface area (Å²) in [5.41, 5.74) is 2.20. The summed E-state index contributed by atoms with van der Waals surface area (Å²) >= 11 is 0. The predicted octanol–water partition coefficient (Wildman–Crippen LogP) is 2.13. The summed E-state index contributed by atoms with van der Waals surface area (Å²) in [6.07, 6.45) is 0.606. The third-order valence-corrected chi connectivity index (χ3v) is 2.05. The molecule has 1 rings (SSSR count). The molecule has 0 heterocycles. The Morgan fingerprint density at radius 1 is 1.25 bits per heavy atom. The number of rotatable bonds is 2. The Morgan fingerprint density at radius 2 is 1.88 bits per heavy atom. The molecule has 0 radical (unpaired) electrons. The summed E-state index contributed by atoms with van der Waals surface area (Å²) in [7, 11) is 0. The maximum absolute atomic E-state index is 10.1. The first-order valence-electron chi connectivity index (χ1n) is 5.30. The van der Waals surface area contributed by atoms with Gasteiger partial charge in [-0.1, -0.05) is 18.1 Å². The van der Waals surface area contributed by atoms with Gasteiger partial charge in [0, 0.05) is 17.6 Å². The standard InChI is InChI=1S/C14H17NO/c1-14(2,3)15-11-13-8-6-12(7-9-13)5-4-10-16/h6-10,15H,11H2,1-3H3. The fourth-order valence-electron chi connectivity index (χ4n) is 1.19. The van der Waals surface area contributed by atoms with E-state index in [1.165, 1.54) is 5.56 Å². The lowest BCUT2D eigenvalue weighted by Gasteiger charge is -2.20. The van der Waals surface area contributed by atoms with Crippen molar-refractivity contribution in [2.45, 2.75) is 32.9 Å². The first-order chi connectivity index (χ1) is 7.51. The number of aldehydes is 1. The van der Waals surface area contributed by atoms with Crippen LogP contribution in [-0.2, 0) is 11.3 Å². The van der Waals surface area contributed by atoms with E-state index < -0.39 is 0 Å². The maximum atomic E-state index is 10.1. The van der Waals surface area contributed by atoms with Gasteiger partial charge in [0.2, 0.25) is 0 Å². The van der Waals surface area contributed by atoms with Gasteiger partial charge in [0.15, 0.2) is 6.29 Å². The van der Waals surface area contributed by atoms with E-state index in [-0.39, 0.29) is 5.54 Å². The second-order valence-corrected chi connectivity index (χ2v) is 4.69. The third kappa shape index (κ3) is 4.77. The molecule has 16 heavy (non-hydrogen) atoms. The van der Waals surface area contributed by atoms with Gasteiger partial charge < -0.3 is 5.32 Å². The molecule has 0 bridgehead atoms. The molecule has 1 N–H and O–H groups in total. The van der Waals surface area contributed by atoms with Crippen molar-refractivity contribution in [1.29, 1.82) is 0 Å². The molecular formula is C14H17NO. The fourth-order valence-corrected chi connectivity index (χ4v) is 1.19. The van der Waals surface area contributed by atoms with Crippen LogP contribution in [0, 0.1) is 11.8 Å². The molecule has 0 aromatic heterocycles. The average molecular weight is 215 g/mol. The van der Waals surface area contributed by atoms with E-state index in [9.17, 15) is 4.79 Å². The third-order valence-electron chi connectivity index (χ3n) is 2.05. The van der Waals surface area contributed by atoms with Crippen molar-refractivity contribution < 1.29 is 4.79 Å². The first-order valence-corrected chi connectivity index (χ1v) is 5.30. The molecular weight excluding hydrogens is 198 g/mol. The number of nitrogens with one attached hydrogen (secondary N) is 1. The molecule has 2 nitrogen and oxygen atoms in total. The summed E-state index contributed by atoms with van der Waals surface area (Å²) in [6.45, 7) is 7.25. The van der Waals surface area contributed by atoms with Gasteiger partial charge in [-0.3, -0.25) is 4.79 Å². The van der Waals surface area contributed by atoms with Crippen LogP contribution in [0.2, 0.25) is 0 Å². The highest BCUT2D eigenvalue weighted by molar-refractivity contribution is 5.73. The lowest BCUT2D eigenvalue weighted by molar-refractivity contribution is -0.103. The number of carbonyl (C=O) groups excluding carboxylic acids is 1. The Kier molecular flexibility index (Phi) is 4.28. The Hall–Kier alpha value is -1.59. The van der Waals surface area contributed by atoms with Crippen LogP contribution in [0.4, 0.5) is 0 Å². The second-order valence-electron chi connectivity index (χ2n) is 4.69. The zero-order chi connectivity index (χ0) is 12.0. The highest BCUT2D eigenvalue weighted by Crippen LogP contribution is 2.06. The molecule has 2 heteroatoms. The van der Waals surface area contributed by atoms with Crippen molar-refractivity contribution in [3.8, 4) is 11.8 Å². The summed E-state index contributed by atoms with van der Waals surface area (Å²) in [5.74, 6) is 5.15.